The zero-order chi connectivity index (χ0) is 48.7. The maximum atomic E-state index is 2.68. The van der Waals surface area contributed by atoms with Crippen LogP contribution in [0, 0.1) is 12.8 Å². The van der Waals surface area contributed by atoms with E-state index in [0.29, 0.717) is 0 Å². The molecule has 0 fully saturated rings. The third kappa shape index (κ3) is 7.25. The molecular formula is C71H56Si. The van der Waals surface area contributed by atoms with Crippen LogP contribution in [0.2, 0.25) is 13.1 Å². The molecule has 13 rings (SSSR count). The van der Waals surface area contributed by atoms with Crippen molar-refractivity contribution in [3.63, 3.8) is 0 Å². The molecule has 11 aromatic rings. The van der Waals surface area contributed by atoms with Crippen molar-refractivity contribution in [2.45, 2.75) is 40.3 Å². The Bertz CT molecular complexity index is 4190. The number of benzene rings is 11. The van der Waals surface area contributed by atoms with E-state index in [1.807, 2.05) is 0 Å². The van der Waals surface area contributed by atoms with Gasteiger partial charge in [0.15, 0.2) is 0 Å². The molecule has 1 heteroatoms. The number of hydrogen-bond acceptors (Lipinski definition) is 0. The molecule has 0 radical (unpaired) electrons. The molecule has 0 amide bonds. The molecule has 11 aromatic carbocycles. The Morgan fingerprint density at radius 2 is 1.11 bits per heavy atom. The monoisotopic (exact) mass is 936 g/mol. The van der Waals surface area contributed by atoms with Crippen LogP contribution >= 0.6 is 0 Å². The van der Waals surface area contributed by atoms with E-state index in [1.165, 1.54) is 142 Å². The molecule has 1 aliphatic carbocycles. The predicted octanol–water partition coefficient (Wildman–Crippen LogP) is 18.2. The van der Waals surface area contributed by atoms with Gasteiger partial charge in [0.25, 0.3) is 0 Å². The third-order valence-corrected chi connectivity index (χ3v) is 19.6. The molecule has 0 spiro atoms. The van der Waals surface area contributed by atoms with Gasteiger partial charge >= 0.3 is 0 Å². The first kappa shape index (κ1) is 43.9. The topological polar surface area (TPSA) is 0 Å². The first-order valence-corrected chi connectivity index (χ1v) is 28.7. The molecule has 0 bridgehead atoms. The van der Waals surface area contributed by atoms with E-state index in [2.05, 4.69) is 264 Å². The first-order chi connectivity index (χ1) is 35.2. The van der Waals surface area contributed by atoms with E-state index in [1.54, 1.807) is 0 Å². The Hall–Kier alpha value is -8.10. The Morgan fingerprint density at radius 3 is 1.92 bits per heavy atom. The lowest BCUT2D eigenvalue weighted by atomic mass is 9.78. The van der Waals surface area contributed by atoms with Gasteiger partial charge < -0.3 is 0 Å². The molecule has 1 heterocycles. The third-order valence-electron chi connectivity index (χ3n) is 16.1. The fourth-order valence-electron chi connectivity index (χ4n) is 12.3. The highest BCUT2D eigenvalue weighted by atomic mass is 28.3. The summed E-state index contributed by atoms with van der Waals surface area (Å²) in [5, 5.41) is 15.8. The second kappa shape index (κ2) is 17.3. The quantitative estimate of drug-likeness (QED) is 0.0916. The lowest BCUT2D eigenvalue weighted by molar-refractivity contribution is 0.940. The summed E-state index contributed by atoms with van der Waals surface area (Å²) in [4.78, 5) is 0. The van der Waals surface area contributed by atoms with Crippen molar-refractivity contribution in [3.05, 3.63) is 258 Å². The average molecular weight is 937 g/mol. The molecule has 1 atom stereocenters. The molecule has 0 saturated carbocycles. The summed E-state index contributed by atoms with van der Waals surface area (Å²) in [6.07, 6.45) is 15.0. The van der Waals surface area contributed by atoms with Crippen LogP contribution < -0.4 is 10.4 Å². The molecule has 2 aliphatic rings. The second-order valence-electron chi connectivity index (χ2n) is 20.9. The minimum atomic E-state index is -2.28. The van der Waals surface area contributed by atoms with Crippen molar-refractivity contribution >= 4 is 89.5 Å². The van der Waals surface area contributed by atoms with Crippen molar-refractivity contribution < 1.29 is 0 Å². The fourth-order valence-corrected chi connectivity index (χ4v) is 15.4. The highest BCUT2D eigenvalue weighted by molar-refractivity contribution is 7.04. The molecule has 1 aliphatic heterocycles. The second-order valence-corrected chi connectivity index (χ2v) is 25.2. The highest BCUT2D eigenvalue weighted by Crippen LogP contribution is 2.48. The molecule has 344 valence electrons. The van der Waals surface area contributed by atoms with Crippen LogP contribution in [0.1, 0.15) is 47.2 Å². The van der Waals surface area contributed by atoms with E-state index in [4.69, 9.17) is 0 Å². The van der Waals surface area contributed by atoms with Gasteiger partial charge in [-0.05, 0) is 193 Å². The number of rotatable bonds is 5. The van der Waals surface area contributed by atoms with Crippen molar-refractivity contribution in [2.24, 2.45) is 5.92 Å². The highest BCUT2D eigenvalue weighted by Gasteiger charge is 2.39. The van der Waals surface area contributed by atoms with Crippen molar-refractivity contribution in [1.82, 2.24) is 0 Å². The number of fused-ring (bicyclic) bond motifs is 10. The van der Waals surface area contributed by atoms with E-state index in [0.717, 1.165) is 6.42 Å². The van der Waals surface area contributed by atoms with Gasteiger partial charge in [-0.25, -0.2) is 0 Å². The molecule has 1 unspecified atom stereocenters. The van der Waals surface area contributed by atoms with Crippen molar-refractivity contribution in [1.29, 1.82) is 0 Å². The first-order valence-electron chi connectivity index (χ1n) is 25.7. The summed E-state index contributed by atoms with van der Waals surface area (Å²) < 4.78 is 0. The van der Waals surface area contributed by atoms with E-state index in [9.17, 15) is 0 Å². The van der Waals surface area contributed by atoms with Crippen molar-refractivity contribution in [2.75, 3.05) is 0 Å². The lowest BCUT2D eigenvalue weighted by Gasteiger charge is -2.26. The largest absolute Gasteiger partial charge is 0.113 e. The maximum Gasteiger partial charge on any atom is 0.113 e. The van der Waals surface area contributed by atoms with Gasteiger partial charge in [-0.15, -0.1) is 0 Å². The zero-order valence-corrected chi connectivity index (χ0v) is 42.7. The summed E-state index contributed by atoms with van der Waals surface area (Å²) in [6.45, 7) is 12.2. The van der Waals surface area contributed by atoms with Gasteiger partial charge in [-0.3, -0.25) is 0 Å². The SMILES string of the molecule is C/C(=C\c1c(C)c(/C2=C/C(C)/C=C\C=C/Cc3ccccc32)c2cc3c(cc2c1-c1cc2ccccc2c2ccccc12)[Si](C)(C)c1cc(-c2ccc4ccccc4c2)ccc1-3)c1ccc2ccccc2c1. The van der Waals surface area contributed by atoms with Gasteiger partial charge in [0.05, 0.1) is 0 Å². The van der Waals surface area contributed by atoms with Gasteiger partial charge in [0.1, 0.15) is 8.07 Å². The summed E-state index contributed by atoms with van der Waals surface area (Å²) in [5.74, 6) is 0.197. The molecule has 0 aromatic heterocycles. The minimum Gasteiger partial charge on any atom is -0.0801 e. The van der Waals surface area contributed by atoms with Gasteiger partial charge in [-0.2, -0.15) is 0 Å². The van der Waals surface area contributed by atoms with Crippen LogP contribution in [-0.4, -0.2) is 8.07 Å². The van der Waals surface area contributed by atoms with Crippen LogP contribution in [0.5, 0.6) is 0 Å². The number of allylic oxidation sites excluding steroid dienone is 6. The zero-order valence-electron chi connectivity index (χ0n) is 41.7. The van der Waals surface area contributed by atoms with Gasteiger partial charge in [0.2, 0.25) is 0 Å². The van der Waals surface area contributed by atoms with Crippen LogP contribution in [0.15, 0.2) is 225 Å². The average Bonchev–Trinajstić information content (AvgIpc) is 3.64. The summed E-state index contributed by atoms with van der Waals surface area (Å²) in [7, 11) is -2.28. The molecule has 0 saturated heterocycles. The van der Waals surface area contributed by atoms with E-state index < -0.39 is 8.07 Å². The maximum absolute atomic E-state index is 2.68. The molecule has 0 N–H and O–H groups in total. The normalized spacial score (nSPS) is 16.9. The van der Waals surface area contributed by atoms with Crippen LogP contribution in [-0.2, 0) is 6.42 Å². The van der Waals surface area contributed by atoms with Crippen LogP contribution in [0.25, 0.3) is 104 Å². The summed E-state index contributed by atoms with van der Waals surface area (Å²) >= 11 is 0. The van der Waals surface area contributed by atoms with E-state index in [-0.39, 0.29) is 5.92 Å². The Kier molecular flexibility index (Phi) is 10.6. The number of hydrogen-bond donors (Lipinski definition) is 0. The Morgan fingerprint density at radius 1 is 0.486 bits per heavy atom. The fraction of sp³-hybridized carbons (Fsp3) is 0.0986. The Balaban J connectivity index is 1.17. The minimum absolute atomic E-state index is 0.197. The molecule has 72 heavy (non-hydrogen) atoms. The Labute approximate surface area is 424 Å². The lowest BCUT2D eigenvalue weighted by Crippen LogP contribution is -2.49. The molecule has 0 nitrogen and oxygen atoms in total. The van der Waals surface area contributed by atoms with Crippen LogP contribution in [0.4, 0.5) is 0 Å². The van der Waals surface area contributed by atoms with E-state index >= 15 is 0 Å². The predicted molar refractivity (Wildman–Crippen MR) is 316 cm³/mol. The van der Waals surface area contributed by atoms with Crippen LogP contribution in [0.3, 0.4) is 0 Å². The van der Waals surface area contributed by atoms with Gasteiger partial charge in [-0.1, -0.05) is 226 Å². The van der Waals surface area contributed by atoms with Crippen molar-refractivity contribution in [3.8, 4) is 33.4 Å². The van der Waals surface area contributed by atoms with Gasteiger partial charge in [0, 0.05) is 0 Å². The summed E-state index contributed by atoms with van der Waals surface area (Å²) in [5.41, 5.74) is 18.2. The molecular weight excluding hydrogens is 881 g/mol. The standard InChI is InChI=1S/C71H56Si/c1-45-19-7-6-8-22-50-23-13-15-27-57(50)64(37-45)70-47(3)62(38-46(2)51-33-31-48-20-9-11-24-52(48)39-51)71(65-41-56-26-14-16-28-58(56)59-29-17-18-30-60(59)65)67-44-69-63(43-66(67)70)61-36-35-55(42-68(61)72(69,4)5)54-34-32-49-21-10-12-25-53(49)40-54/h6-21,23-45H,22H2,1-5H3/b8-6-,19-7-,46-38+,64-37+. The summed E-state index contributed by atoms with van der Waals surface area (Å²) in [6, 6.07) is 73.7. The smallest absolute Gasteiger partial charge is 0.0801 e.